The molecule has 0 spiro atoms. The molecule has 0 aromatic heterocycles. The Morgan fingerprint density at radius 3 is 2.00 bits per heavy atom. The van der Waals surface area contributed by atoms with Crippen molar-refractivity contribution in [2.24, 2.45) is 0 Å². The van der Waals surface area contributed by atoms with Crippen molar-refractivity contribution in [3.05, 3.63) is 0 Å². The number of carboxylic acid groups (broad SMARTS) is 1. The minimum Gasteiger partial charge on any atom is -0.482 e. The molecule has 0 amide bonds. The summed E-state index contributed by atoms with van der Waals surface area (Å²) in [6, 6.07) is 0. The summed E-state index contributed by atoms with van der Waals surface area (Å²) >= 11 is 0. The van der Waals surface area contributed by atoms with Gasteiger partial charge in [0.15, 0.2) is 0 Å². The van der Waals surface area contributed by atoms with Crippen LogP contribution in [0.4, 0.5) is 0 Å². The first kappa shape index (κ1) is 14.5. The molecule has 1 unspecified atom stereocenters. The molecular formula is C12H25BO2. The monoisotopic (exact) mass is 212 g/mol. The van der Waals surface area contributed by atoms with Crippen molar-refractivity contribution >= 4 is 13.8 Å². The molecule has 0 heterocycles. The third-order valence-corrected chi connectivity index (χ3v) is 2.91. The van der Waals surface area contributed by atoms with Crippen LogP contribution < -0.4 is 0 Å². The molecule has 0 rings (SSSR count). The van der Waals surface area contributed by atoms with Crippen molar-refractivity contribution in [1.29, 1.82) is 0 Å². The average molecular weight is 212 g/mol. The van der Waals surface area contributed by atoms with Gasteiger partial charge in [-0.05, 0) is 6.42 Å². The fraction of sp³-hybridized carbons (Fsp3) is 0.917. The van der Waals surface area contributed by atoms with E-state index in [0.29, 0.717) is 0 Å². The van der Waals surface area contributed by atoms with E-state index in [0.717, 1.165) is 12.8 Å². The maximum atomic E-state index is 10.5. The highest BCUT2D eigenvalue weighted by molar-refractivity contribution is 6.22. The lowest BCUT2D eigenvalue weighted by atomic mass is 9.83. The van der Waals surface area contributed by atoms with Crippen molar-refractivity contribution in [3.8, 4) is 0 Å². The molecule has 0 saturated heterocycles. The van der Waals surface area contributed by atoms with Crippen LogP contribution in [0.2, 0.25) is 5.82 Å². The molecule has 15 heavy (non-hydrogen) atoms. The number of carboxylic acids is 1. The van der Waals surface area contributed by atoms with Gasteiger partial charge in [0, 0.05) is 5.82 Å². The SMILES string of the molecule is BC(CCCCCCCCCC)C(=O)O. The van der Waals surface area contributed by atoms with Gasteiger partial charge in [-0.2, -0.15) is 0 Å². The molecule has 2 nitrogen and oxygen atoms in total. The topological polar surface area (TPSA) is 37.3 Å². The Hall–Kier alpha value is -0.465. The van der Waals surface area contributed by atoms with Crippen LogP contribution in [-0.4, -0.2) is 18.9 Å². The van der Waals surface area contributed by atoms with E-state index >= 15 is 0 Å². The minimum atomic E-state index is -0.655. The summed E-state index contributed by atoms with van der Waals surface area (Å²) in [6.45, 7) is 2.23. The van der Waals surface area contributed by atoms with E-state index < -0.39 is 5.97 Å². The molecule has 0 radical (unpaired) electrons. The van der Waals surface area contributed by atoms with Gasteiger partial charge in [0.1, 0.15) is 7.85 Å². The second-order valence-electron chi connectivity index (χ2n) is 4.50. The molecule has 1 atom stereocenters. The van der Waals surface area contributed by atoms with Crippen molar-refractivity contribution in [1.82, 2.24) is 0 Å². The smallest absolute Gasteiger partial charge is 0.298 e. The fourth-order valence-electron chi connectivity index (χ4n) is 1.71. The summed E-state index contributed by atoms with van der Waals surface area (Å²) in [5.74, 6) is -0.817. The molecule has 0 bridgehead atoms. The van der Waals surface area contributed by atoms with E-state index in [2.05, 4.69) is 6.92 Å². The van der Waals surface area contributed by atoms with Crippen molar-refractivity contribution in [2.75, 3.05) is 0 Å². The molecule has 3 heteroatoms. The van der Waals surface area contributed by atoms with Crippen LogP contribution in [0.25, 0.3) is 0 Å². The van der Waals surface area contributed by atoms with Crippen molar-refractivity contribution in [2.45, 2.75) is 70.5 Å². The summed E-state index contributed by atoms with van der Waals surface area (Å²) in [7, 11) is 1.80. The molecule has 88 valence electrons. The molecule has 0 aliphatic rings. The van der Waals surface area contributed by atoms with Gasteiger partial charge in [0.25, 0.3) is 5.97 Å². The van der Waals surface area contributed by atoms with E-state index in [-0.39, 0.29) is 5.82 Å². The molecule has 0 fully saturated rings. The number of unbranched alkanes of at least 4 members (excludes halogenated alkanes) is 7. The highest BCUT2D eigenvalue weighted by Crippen LogP contribution is 2.14. The maximum Gasteiger partial charge on any atom is 0.298 e. The second kappa shape index (κ2) is 10.1. The first-order valence-electron chi connectivity index (χ1n) is 6.41. The lowest BCUT2D eigenvalue weighted by molar-refractivity contribution is -0.137. The van der Waals surface area contributed by atoms with Crippen LogP contribution in [0.5, 0.6) is 0 Å². The lowest BCUT2D eigenvalue weighted by Crippen LogP contribution is -2.06. The van der Waals surface area contributed by atoms with Gasteiger partial charge in [-0.1, -0.05) is 58.3 Å². The molecule has 0 aliphatic carbocycles. The van der Waals surface area contributed by atoms with Crippen LogP contribution >= 0.6 is 0 Å². The normalized spacial score (nSPS) is 12.6. The van der Waals surface area contributed by atoms with E-state index in [1.54, 1.807) is 7.85 Å². The molecule has 0 aliphatic heterocycles. The van der Waals surface area contributed by atoms with E-state index in [4.69, 9.17) is 5.11 Å². The van der Waals surface area contributed by atoms with Crippen LogP contribution in [0.1, 0.15) is 64.7 Å². The van der Waals surface area contributed by atoms with Crippen molar-refractivity contribution < 1.29 is 9.90 Å². The third-order valence-electron chi connectivity index (χ3n) is 2.91. The van der Waals surface area contributed by atoms with Gasteiger partial charge in [0.05, 0.1) is 0 Å². The van der Waals surface area contributed by atoms with E-state index in [1.807, 2.05) is 0 Å². The molecule has 0 aromatic rings. The van der Waals surface area contributed by atoms with Gasteiger partial charge >= 0.3 is 0 Å². The Kier molecular flexibility index (Phi) is 9.75. The average Bonchev–Trinajstić information content (AvgIpc) is 2.21. The predicted molar refractivity (Wildman–Crippen MR) is 67.2 cm³/mol. The Morgan fingerprint density at radius 1 is 1.07 bits per heavy atom. The molecular weight excluding hydrogens is 187 g/mol. The zero-order valence-electron chi connectivity index (χ0n) is 10.3. The summed E-state index contributed by atoms with van der Waals surface area (Å²) in [6.07, 6.45) is 11.1. The third kappa shape index (κ3) is 9.83. The number of carbonyl (C=O) groups is 1. The fourth-order valence-corrected chi connectivity index (χ4v) is 1.71. The number of aliphatic carboxylic acids is 1. The Balaban J connectivity index is 3.08. The minimum absolute atomic E-state index is 0.162. The summed E-state index contributed by atoms with van der Waals surface area (Å²) in [4.78, 5) is 10.5. The standard InChI is InChI=1S/C12H25BO2/c1-2-3-4-5-6-7-8-9-10-11(13)12(14)15/h11H,2-10,13H2,1H3,(H,14,15). The van der Waals surface area contributed by atoms with Gasteiger partial charge in [-0.25, -0.2) is 0 Å². The zero-order chi connectivity index (χ0) is 11.5. The zero-order valence-corrected chi connectivity index (χ0v) is 10.3. The van der Waals surface area contributed by atoms with Gasteiger partial charge < -0.3 is 5.11 Å². The summed E-state index contributed by atoms with van der Waals surface area (Å²) < 4.78 is 0. The van der Waals surface area contributed by atoms with Gasteiger partial charge in [-0.3, -0.25) is 4.79 Å². The van der Waals surface area contributed by atoms with Crippen molar-refractivity contribution in [3.63, 3.8) is 0 Å². The van der Waals surface area contributed by atoms with Crippen LogP contribution in [-0.2, 0) is 4.79 Å². The largest absolute Gasteiger partial charge is 0.482 e. The number of rotatable bonds is 10. The van der Waals surface area contributed by atoms with E-state index in [1.165, 1.54) is 44.9 Å². The van der Waals surface area contributed by atoms with Crippen LogP contribution in [0.15, 0.2) is 0 Å². The Morgan fingerprint density at radius 2 is 1.53 bits per heavy atom. The predicted octanol–water partition coefficient (Wildman–Crippen LogP) is 3.02. The lowest BCUT2D eigenvalue weighted by Gasteiger charge is -2.05. The Labute approximate surface area is 94.9 Å². The maximum absolute atomic E-state index is 10.5. The number of hydrogen-bond donors (Lipinski definition) is 1. The number of hydrogen-bond acceptors (Lipinski definition) is 1. The second-order valence-corrected chi connectivity index (χ2v) is 4.50. The van der Waals surface area contributed by atoms with Gasteiger partial charge in [-0.15, -0.1) is 0 Å². The summed E-state index contributed by atoms with van der Waals surface area (Å²) in [5, 5.41) is 8.68. The highest BCUT2D eigenvalue weighted by atomic mass is 16.4. The quantitative estimate of drug-likeness (QED) is 0.446. The molecule has 0 saturated carbocycles. The first-order valence-corrected chi connectivity index (χ1v) is 6.41. The Bertz CT molecular complexity index is 160. The molecule has 1 N–H and O–H groups in total. The molecule has 0 aromatic carbocycles. The summed E-state index contributed by atoms with van der Waals surface area (Å²) in [5.41, 5.74) is 0. The van der Waals surface area contributed by atoms with Crippen LogP contribution in [0.3, 0.4) is 0 Å². The van der Waals surface area contributed by atoms with E-state index in [9.17, 15) is 4.79 Å². The van der Waals surface area contributed by atoms with Crippen LogP contribution in [0, 0.1) is 0 Å². The first-order chi connectivity index (χ1) is 7.18. The highest BCUT2D eigenvalue weighted by Gasteiger charge is 2.09. The van der Waals surface area contributed by atoms with Gasteiger partial charge in [0.2, 0.25) is 0 Å².